The summed E-state index contributed by atoms with van der Waals surface area (Å²) in [7, 11) is 1.51. The monoisotopic (exact) mass is 650 g/mol. The maximum Gasteiger partial charge on any atom is 0.341 e. The summed E-state index contributed by atoms with van der Waals surface area (Å²) >= 11 is 2.50. The fourth-order valence-electron chi connectivity index (χ4n) is 4.88. The molecule has 0 radical (unpaired) electrons. The number of aryl methyl sites for hydroxylation is 1. The standard InChI is InChI=1S/C30H30N6O7S2/c1-3-43-29(39)26-22-9-4-5-10-23(22)45-28(26)32-25(37)17-44-30-34-33-24(35(30)19-11-13-20(14-12-19)36(40)41)16-31-27(38)18-7-6-8-21(15-18)42-2/h6-8,11-15H,3-5,9-10,16-17H2,1-2H3,(H,31,38)(H,32,37). The lowest BCUT2D eigenvalue weighted by Gasteiger charge is -2.12. The predicted octanol–water partition coefficient (Wildman–Crippen LogP) is 4.96. The number of rotatable bonds is 12. The molecule has 45 heavy (non-hydrogen) atoms. The topological polar surface area (TPSA) is 168 Å². The zero-order valence-electron chi connectivity index (χ0n) is 24.5. The van der Waals surface area contributed by atoms with Crippen molar-refractivity contribution >= 4 is 51.6 Å². The van der Waals surface area contributed by atoms with E-state index in [2.05, 4.69) is 20.8 Å². The Kier molecular flexibility index (Phi) is 10.1. The van der Waals surface area contributed by atoms with Crippen molar-refractivity contribution in [2.45, 2.75) is 44.3 Å². The zero-order valence-corrected chi connectivity index (χ0v) is 26.2. The first-order valence-electron chi connectivity index (χ1n) is 14.1. The number of thiophene rings is 1. The highest BCUT2D eigenvalue weighted by atomic mass is 32.2. The van der Waals surface area contributed by atoms with Crippen molar-refractivity contribution in [2.24, 2.45) is 0 Å². The first-order valence-corrected chi connectivity index (χ1v) is 15.9. The molecule has 13 nitrogen and oxygen atoms in total. The fourth-order valence-corrected chi connectivity index (χ4v) is 6.95. The van der Waals surface area contributed by atoms with Gasteiger partial charge in [0.15, 0.2) is 11.0 Å². The lowest BCUT2D eigenvalue weighted by atomic mass is 9.95. The van der Waals surface area contributed by atoms with Crippen LogP contribution in [0.25, 0.3) is 5.69 Å². The maximum absolute atomic E-state index is 13.2. The molecule has 2 amide bonds. The third-order valence-electron chi connectivity index (χ3n) is 6.99. The van der Waals surface area contributed by atoms with E-state index >= 15 is 0 Å². The van der Waals surface area contributed by atoms with Gasteiger partial charge in [-0.05, 0) is 68.5 Å². The highest BCUT2D eigenvalue weighted by Crippen LogP contribution is 2.39. The van der Waals surface area contributed by atoms with E-state index in [1.165, 1.54) is 30.6 Å². The summed E-state index contributed by atoms with van der Waals surface area (Å²) in [5, 5.41) is 26.2. The number of methoxy groups -OCH3 is 1. The minimum Gasteiger partial charge on any atom is -0.497 e. The van der Waals surface area contributed by atoms with Gasteiger partial charge in [0.05, 0.1) is 36.5 Å². The molecule has 234 valence electrons. The Bertz CT molecular complexity index is 1730. The van der Waals surface area contributed by atoms with Gasteiger partial charge in [0.1, 0.15) is 10.8 Å². The number of nitro benzene ring substituents is 1. The summed E-state index contributed by atoms with van der Waals surface area (Å²) in [6.45, 7) is 1.95. The van der Waals surface area contributed by atoms with Crippen LogP contribution in [0, 0.1) is 10.1 Å². The normalized spacial score (nSPS) is 12.2. The number of thioether (sulfide) groups is 1. The Morgan fingerprint density at radius 2 is 1.89 bits per heavy atom. The number of carbonyl (C=O) groups is 3. The molecule has 0 unspecified atom stereocenters. The minimum absolute atomic E-state index is 0.0174. The molecule has 0 saturated carbocycles. The van der Waals surface area contributed by atoms with Gasteiger partial charge in [-0.3, -0.25) is 24.3 Å². The highest BCUT2D eigenvalue weighted by molar-refractivity contribution is 7.99. The molecule has 4 aromatic rings. The maximum atomic E-state index is 13.2. The lowest BCUT2D eigenvalue weighted by molar-refractivity contribution is -0.384. The van der Waals surface area contributed by atoms with Gasteiger partial charge in [0.2, 0.25) is 5.91 Å². The van der Waals surface area contributed by atoms with Crippen LogP contribution in [0.15, 0.2) is 53.7 Å². The first-order chi connectivity index (χ1) is 21.8. The smallest absolute Gasteiger partial charge is 0.341 e. The van der Waals surface area contributed by atoms with Crippen LogP contribution in [-0.2, 0) is 28.9 Å². The van der Waals surface area contributed by atoms with Crippen molar-refractivity contribution in [2.75, 3.05) is 24.8 Å². The number of anilines is 1. The molecule has 0 atom stereocenters. The quantitative estimate of drug-likeness (QED) is 0.0925. The van der Waals surface area contributed by atoms with Gasteiger partial charge in [-0.15, -0.1) is 21.5 Å². The summed E-state index contributed by atoms with van der Waals surface area (Å²) in [6, 6.07) is 12.5. The molecular formula is C30H30N6O7S2. The van der Waals surface area contributed by atoms with Crippen molar-refractivity contribution in [3.63, 3.8) is 0 Å². The second kappa shape index (κ2) is 14.3. The highest BCUT2D eigenvalue weighted by Gasteiger charge is 2.27. The SMILES string of the molecule is CCOC(=O)c1c(NC(=O)CSc2nnc(CNC(=O)c3cccc(OC)c3)n2-c2ccc([N+](=O)[O-])cc2)sc2c1CCCC2. The molecule has 2 aromatic carbocycles. The molecule has 5 rings (SSSR count). The van der Waals surface area contributed by atoms with E-state index in [-0.39, 0.29) is 36.4 Å². The average molecular weight is 651 g/mol. The molecule has 2 aromatic heterocycles. The molecule has 0 spiro atoms. The van der Waals surface area contributed by atoms with Crippen LogP contribution in [0.4, 0.5) is 10.7 Å². The van der Waals surface area contributed by atoms with E-state index in [0.717, 1.165) is 47.9 Å². The van der Waals surface area contributed by atoms with E-state index in [0.29, 0.717) is 38.5 Å². The molecule has 2 N–H and O–H groups in total. The van der Waals surface area contributed by atoms with Crippen molar-refractivity contribution in [1.82, 2.24) is 20.1 Å². The number of ether oxygens (including phenoxy) is 2. The van der Waals surface area contributed by atoms with Crippen LogP contribution in [0.3, 0.4) is 0 Å². The number of nitrogens with one attached hydrogen (secondary N) is 2. The van der Waals surface area contributed by atoms with Crippen LogP contribution in [-0.4, -0.2) is 56.9 Å². The number of esters is 1. The van der Waals surface area contributed by atoms with Gasteiger partial charge in [0.25, 0.3) is 11.6 Å². The first kappa shape index (κ1) is 31.7. The molecule has 1 aliphatic rings. The van der Waals surface area contributed by atoms with E-state index in [4.69, 9.17) is 9.47 Å². The number of fused-ring (bicyclic) bond motifs is 1. The minimum atomic E-state index is -0.502. The number of amides is 2. The Balaban J connectivity index is 1.35. The third kappa shape index (κ3) is 7.32. The number of hydrogen-bond acceptors (Lipinski definition) is 11. The van der Waals surface area contributed by atoms with Crippen LogP contribution in [0.5, 0.6) is 5.75 Å². The molecule has 1 aliphatic carbocycles. The van der Waals surface area contributed by atoms with E-state index < -0.39 is 10.9 Å². The zero-order chi connectivity index (χ0) is 31.9. The number of carbonyl (C=O) groups excluding carboxylic acids is 3. The summed E-state index contributed by atoms with van der Waals surface area (Å²) in [5.74, 6) is -0.346. The number of aromatic nitrogens is 3. The molecule has 0 fully saturated rings. The van der Waals surface area contributed by atoms with Gasteiger partial charge >= 0.3 is 5.97 Å². The lowest BCUT2D eigenvalue weighted by Crippen LogP contribution is -2.24. The van der Waals surface area contributed by atoms with Crippen molar-refractivity contribution in [1.29, 1.82) is 0 Å². The summed E-state index contributed by atoms with van der Waals surface area (Å²) < 4.78 is 12.1. The molecule has 2 heterocycles. The number of non-ortho nitro benzene ring substituents is 1. The Hall–Kier alpha value is -4.76. The van der Waals surface area contributed by atoms with Crippen molar-refractivity contribution in [3.05, 3.63) is 86.0 Å². The second-order valence-electron chi connectivity index (χ2n) is 9.89. The average Bonchev–Trinajstić information content (AvgIpc) is 3.63. The number of hydrogen-bond donors (Lipinski definition) is 2. The van der Waals surface area contributed by atoms with Crippen molar-refractivity contribution in [3.8, 4) is 11.4 Å². The number of nitro groups is 1. The molecular weight excluding hydrogens is 620 g/mol. The van der Waals surface area contributed by atoms with Crippen LogP contribution < -0.4 is 15.4 Å². The van der Waals surface area contributed by atoms with Crippen LogP contribution in [0.1, 0.15) is 56.7 Å². The third-order valence-corrected chi connectivity index (χ3v) is 9.13. The predicted molar refractivity (Wildman–Crippen MR) is 168 cm³/mol. The van der Waals surface area contributed by atoms with Crippen LogP contribution in [0.2, 0.25) is 0 Å². The number of nitrogens with zero attached hydrogens (tertiary/aromatic N) is 4. The van der Waals surface area contributed by atoms with Gasteiger partial charge in [0, 0.05) is 28.3 Å². The molecule has 0 bridgehead atoms. The Labute approximate surface area is 266 Å². The van der Waals surface area contributed by atoms with Crippen LogP contribution >= 0.6 is 23.1 Å². The summed E-state index contributed by atoms with van der Waals surface area (Å²) in [6.07, 6.45) is 3.62. The second-order valence-corrected chi connectivity index (χ2v) is 11.9. The fraction of sp³-hybridized carbons (Fsp3) is 0.300. The van der Waals surface area contributed by atoms with E-state index in [1.54, 1.807) is 47.9 Å². The van der Waals surface area contributed by atoms with Gasteiger partial charge < -0.3 is 20.1 Å². The largest absolute Gasteiger partial charge is 0.497 e. The summed E-state index contributed by atoms with van der Waals surface area (Å²) in [5.41, 5.74) is 2.18. The van der Waals surface area contributed by atoms with E-state index in [9.17, 15) is 24.5 Å². The summed E-state index contributed by atoms with van der Waals surface area (Å²) in [4.78, 5) is 50.6. The van der Waals surface area contributed by atoms with Gasteiger partial charge in [-0.25, -0.2) is 4.79 Å². The molecule has 0 saturated heterocycles. The van der Waals surface area contributed by atoms with Crippen molar-refractivity contribution < 1.29 is 28.8 Å². The van der Waals surface area contributed by atoms with Gasteiger partial charge in [-0.2, -0.15) is 0 Å². The molecule has 15 heteroatoms. The Morgan fingerprint density at radius 1 is 1.11 bits per heavy atom. The Morgan fingerprint density at radius 3 is 2.62 bits per heavy atom. The molecule has 0 aliphatic heterocycles. The van der Waals surface area contributed by atoms with Gasteiger partial charge in [-0.1, -0.05) is 17.8 Å². The number of benzene rings is 2. The van der Waals surface area contributed by atoms with E-state index in [1.807, 2.05) is 0 Å².